The highest BCUT2D eigenvalue weighted by Crippen LogP contribution is 2.26. The minimum absolute atomic E-state index is 0.0844. The summed E-state index contributed by atoms with van der Waals surface area (Å²) in [6.45, 7) is 12.5. The third-order valence-corrected chi connectivity index (χ3v) is 10.3. The van der Waals surface area contributed by atoms with Gasteiger partial charge in [0.25, 0.3) is 0 Å². The predicted octanol–water partition coefficient (Wildman–Crippen LogP) is 5.27. The minimum atomic E-state index is -1.24. The first-order valence-electron chi connectivity index (χ1n) is 18.9. The fourth-order valence-corrected chi connectivity index (χ4v) is 7.26. The number of nitrogens with one attached hydrogen (secondary N) is 2. The third kappa shape index (κ3) is 11.3. The van der Waals surface area contributed by atoms with Gasteiger partial charge in [0.05, 0.1) is 12.1 Å². The first-order chi connectivity index (χ1) is 25.6. The van der Waals surface area contributed by atoms with E-state index in [1.54, 1.807) is 36.8 Å². The van der Waals surface area contributed by atoms with E-state index < -0.39 is 47.7 Å². The van der Waals surface area contributed by atoms with Crippen molar-refractivity contribution in [3.05, 3.63) is 101 Å². The van der Waals surface area contributed by atoms with Crippen molar-refractivity contribution in [3.63, 3.8) is 0 Å². The molecule has 2 aromatic carbocycles. The molecule has 5 amide bonds. The second kappa shape index (κ2) is 18.9. The van der Waals surface area contributed by atoms with Gasteiger partial charge in [-0.2, -0.15) is 0 Å². The van der Waals surface area contributed by atoms with Gasteiger partial charge in [-0.1, -0.05) is 108 Å². The number of carbonyl (C=O) groups is 4. The number of pyridine rings is 1. The van der Waals surface area contributed by atoms with E-state index in [1.807, 2.05) is 93.6 Å². The first-order valence-corrected chi connectivity index (χ1v) is 18.9. The monoisotopic (exact) mass is 742 g/mol. The molecule has 0 saturated carbocycles. The summed E-state index contributed by atoms with van der Waals surface area (Å²) in [5.74, 6) is -0.974. The first kappa shape index (κ1) is 41.8. The van der Waals surface area contributed by atoms with E-state index in [-0.39, 0.29) is 30.7 Å². The molecule has 0 spiro atoms. The van der Waals surface area contributed by atoms with E-state index in [0.29, 0.717) is 32.5 Å². The average Bonchev–Trinajstić information content (AvgIpc) is 3.47. The van der Waals surface area contributed by atoms with Gasteiger partial charge in [0.15, 0.2) is 0 Å². The van der Waals surface area contributed by atoms with Gasteiger partial charge in [0, 0.05) is 44.6 Å². The van der Waals surface area contributed by atoms with Gasteiger partial charge in [0.2, 0.25) is 11.8 Å². The van der Waals surface area contributed by atoms with Crippen molar-refractivity contribution in [1.29, 1.82) is 0 Å². The number of urea groups is 1. The standard InChI is InChI=1S/C42H58N6O6/c1-8-28(2)36(48-22-21-47(40(48)52)27-32-20-19-29(3)43-26-32)38(50)44-33(23-30-15-11-9-12-16-30)25-35(49)34(24-31-17-13-10-14-18-31)45-39(51)37(42(4,5)6)46(7)41(53)54/h9-20,26,28,33-37,49H,8,21-25,27H2,1-7H3,(H,44,50)(H,45,51)(H,53,54)/t28?,33-,34-,35+,36-,37+/m0/s1. The number of carboxylic acid groups (broad SMARTS) is 1. The summed E-state index contributed by atoms with van der Waals surface area (Å²) in [5.41, 5.74) is 2.89. The number of aliphatic hydroxyl groups excluding tert-OH is 1. The molecule has 4 N–H and O–H groups in total. The fourth-order valence-electron chi connectivity index (χ4n) is 7.26. The van der Waals surface area contributed by atoms with Crippen LogP contribution in [-0.4, -0.2) is 104 Å². The third-order valence-electron chi connectivity index (χ3n) is 10.3. The minimum Gasteiger partial charge on any atom is -0.465 e. The quantitative estimate of drug-likeness (QED) is 0.147. The lowest BCUT2D eigenvalue weighted by Crippen LogP contribution is -2.58. The van der Waals surface area contributed by atoms with Crippen molar-refractivity contribution in [2.75, 3.05) is 20.1 Å². The Morgan fingerprint density at radius 3 is 2.04 bits per heavy atom. The summed E-state index contributed by atoms with van der Waals surface area (Å²) < 4.78 is 0. The number of benzene rings is 2. The zero-order valence-corrected chi connectivity index (χ0v) is 32.7. The zero-order valence-electron chi connectivity index (χ0n) is 32.7. The number of aliphatic hydroxyl groups is 1. The predicted molar refractivity (Wildman–Crippen MR) is 209 cm³/mol. The molecule has 6 atom stereocenters. The number of nitrogens with zero attached hydrogens (tertiary/aromatic N) is 4. The second-order valence-electron chi connectivity index (χ2n) is 15.7. The van der Waals surface area contributed by atoms with Crippen LogP contribution >= 0.6 is 0 Å². The van der Waals surface area contributed by atoms with Gasteiger partial charge in [-0.25, -0.2) is 9.59 Å². The van der Waals surface area contributed by atoms with Crippen LogP contribution in [0.5, 0.6) is 0 Å². The molecule has 1 unspecified atom stereocenters. The molecule has 1 aromatic heterocycles. The lowest BCUT2D eigenvalue weighted by Gasteiger charge is -2.37. The summed E-state index contributed by atoms with van der Waals surface area (Å²) >= 11 is 0. The maximum Gasteiger partial charge on any atom is 0.407 e. The molecule has 12 nitrogen and oxygen atoms in total. The van der Waals surface area contributed by atoms with Gasteiger partial charge in [-0.3, -0.25) is 19.5 Å². The van der Waals surface area contributed by atoms with Crippen LogP contribution < -0.4 is 10.6 Å². The molecule has 0 bridgehead atoms. The summed E-state index contributed by atoms with van der Waals surface area (Å²) in [6.07, 6.45) is 0.825. The van der Waals surface area contributed by atoms with Crippen LogP contribution in [0.4, 0.5) is 9.59 Å². The average molecular weight is 743 g/mol. The van der Waals surface area contributed by atoms with Crippen molar-refractivity contribution in [2.24, 2.45) is 11.3 Å². The smallest absolute Gasteiger partial charge is 0.407 e. The van der Waals surface area contributed by atoms with Gasteiger partial charge in [-0.05, 0) is 60.3 Å². The maximum absolute atomic E-state index is 14.4. The Balaban J connectivity index is 1.60. The van der Waals surface area contributed by atoms with Gasteiger partial charge in [0.1, 0.15) is 12.1 Å². The molecular formula is C42H58N6O6. The molecule has 292 valence electrons. The zero-order chi connectivity index (χ0) is 39.6. The van der Waals surface area contributed by atoms with E-state index in [9.17, 15) is 29.4 Å². The number of likely N-dealkylation sites (N-methyl/N-ethyl adjacent to an activating group) is 1. The number of carbonyl (C=O) groups excluding carboxylic acids is 3. The van der Waals surface area contributed by atoms with Crippen molar-refractivity contribution >= 4 is 23.9 Å². The summed E-state index contributed by atoms with van der Waals surface area (Å²) in [4.78, 5) is 62.8. The molecule has 12 heteroatoms. The van der Waals surface area contributed by atoms with Crippen LogP contribution in [0.25, 0.3) is 0 Å². The Morgan fingerprint density at radius 1 is 0.889 bits per heavy atom. The Kier molecular flexibility index (Phi) is 14.6. The molecule has 2 heterocycles. The van der Waals surface area contributed by atoms with Gasteiger partial charge < -0.3 is 30.6 Å². The highest BCUT2D eigenvalue weighted by atomic mass is 16.4. The number of hydrogen-bond donors (Lipinski definition) is 4. The SMILES string of the molecule is CCC(C)[C@@H](C(=O)N[C@@H](Cc1ccccc1)C[C@@H](O)[C@H](Cc1ccccc1)NC(=O)[C@@H](N(C)C(=O)O)C(C)(C)C)N1CCN(Cc2ccc(C)nc2)C1=O. The molecule has 1 aliphatic rings. The Morgan fingerprint density at radius 2 is 1.50 bits per heavy atom. The number of aryl methyl sites for hydroxylation is 1. The van der Waals surface area contributed by atoms with Crippen LogP contribution in [0.1, 0.15) is 69.8 Å². The molecule has 54 heavy (non-hydrogen) atoms. The van der Waals surface area contributed by atoms with Crippen LogP contribution in [-0.2, 0) is 29.0 Å². The number of rotatable bonds is 17. The van der Waals surface area contributed by atoms with E-state index in [2.05, 4.69) is 15.6 Å². The summed E-state index contributed by atoms with van der Waals surface area (Å²) in [5, 5.41) is 28.0. The molecule has 1 saturated heterocycles. The van der Waals surface area contributed by atoms with Crippen molar-refractivity contribution in [3.8, 4) is 0 Å². The molecule has 1 fully saturated rings. The van der Waals surface area contributed by atoms with E-state index in [4.69, 9.17) is 0 Å². The fraction of sp³-hybridized carbons (Fsp3) is 0.500. The molecule has 0 radical (unpaired) electrons. The Bertz CT molecular complexity index is 1680. The highest BCUT2D eigenvalue weighted by Gasteiger charge is 2.42. The van der Waals surface area contributed by atoms with Crippen molar-refractivity contribution in [1.82, 2.24) is 30.3 Å². The molecule has 0 aliphatic carbocycles. The van der Waals surface area contributed by atoms with E-state index in [1.165, 1.54) is 7.05 Å². The molecule has 1 aliphatic heterocycles. The number of hydrogen-bond acceptors (Lipinski definition) is 6. The molecule has 4 rings (SSSR count). The van der Waals surface area contributed by atoms with E-state index >= 15 is 0 Å². The van der Waals surface area contributed by atoms with Crippen LogP contribution in [0.3, 0.4) is 0 Å². The van der Waals surface area contributed by atoms with Crippen molar-refractivity contribution < 1.29 is 29.4 Å². The highest BCUT2D eigenvalue weighted by molar-refractivity contribution is 5.88. The van der Waals surface area contributed by atoms with Crippen LogP contribution in [0.15, 0.2) is 79.0 Å². The maximum atomic E-state index is 14.4. The van der Waals surface area contributed by atoms with Crippen LogP contribution in [0.2, 0.25) is 0 Å². The number of aromatic nitrogens is 1. The lowest BCUT2D eigenvalue weighted by molar-refractivity contribution is -0.131. The van der Waals surface area contributed by atoms with Crippen molar-refractivity contribution in [2.45, 2.75) is 104 Å². The molecular weight excluding hydrogens is 684 g/mol. The second-order valence-corrected chi connectivity index (χ2v) is 15.7. The summed E-state index contributed by atoms with van der Waals surface area (Å²) in [6, 6.07) is 19.6. The normalized spacial score (nSPS) is 16.6. The summed E-state index contributed by atoms with van der Waals surface area (Å²) in [7, 11) is 1.36. The van der Waals surface area contributed by atoms with E-state index in [0.717, 1.165) is 27.3 Å². The number of amides is 5. The topological polar surface area (TPSA) is 155 Å². The lowest BCUT2D eigenvalue weighted by atomic mass is 9.84. The Labute approximate surface area is 319 Å². The largest absolute Gasteiger partial charge is 0.465 e. The van der Waals surface area contributed by atoms with Crippen LogP contribution in [0, 0.1) is 18.3 Å². The van der Waals surface area contributed by atoms with Gasteiger partial charge in [-0.15, -0.1) is 0 Å². The van der Waals surface area contributed by atoms with Gasteiger partial charge >= 0.3 is 12.1 Å². The molecule has 3 aromatic rings. The Hall–Kier alpha value is -4.97.